The number of carbonyl (C=O) groups is 1. The summed E-state index contributed by atoms with van der Waals surface area (Å²) in [5.74, 6) is -2.32. The van der Waals surface area contributed by atoms with Crippen LogP contribution in [0.4, 0.5) is 8.78 Å². The highest BCUT2D eigenvalue weighted by Gasteiger charge is 2.35. The van der Waals surface area contributed by atoms with E-state index >= 15 is 0 Å². The van der Waals surface area contributed by atoms with Gasteiger partial charge in [0, 0.05) is 12.3 Å². The van der Waals surface area contributed by atoms with Gasteiger partial charge in [-0.1, -0.05) is 0 Å². The zero-order valence-corrected chi connectivity index (χ0v) is 6.37. The molecule has 1 rings (SSSR count). The molecule has 1 saturated heterocycles. The van der Waals surface area contributed by atoms with Crippen molar-refractivity contribution < 1.29 is 23.4 Å². The summed E-state index contributed by atoms with van der Waals surface area (Å²) in [7, 11) is 0. The minimum absolute atomic E-state index is 0.0622. The summed E-state index contributed by atoms with van der Waals surface area (Å²) in [6.07, 6.45) is -2.82. The Morgan fingerprint density at radius 1 is 1.58 bits per heavy atom. The fraction of sp³-hybridized carbons (Fsp3) is 0.857. The Labute approximate surface area is 68.3 Å². The van der Waals surface area contributed by atoms with Crippen LogP contribution in [0.2, 0.25) is 0 Å². The highest BCUT2D eigenvalue weighted by Crippen LogP contribution is 2.26. The molecule has 1 aliphatic rings. The van der Waals surface area contributed by atoms with Crippen LogP contribution in [-0.4, -0.2) is 30.7 Å². The zero-order chi connectivity index (χ0) is 9.14. The number of rotatable bonds is 3. The monoisotopic (exact) mass is 180 g/mol. The van der Waals surface area contributed by atoms with Gasteiger partial charge < -0.3 is 9.84 Å². The van der Waals surface area contributed by atoms with Gasteiger partial charge in [-0.25, -0.2) is 8.78 Å². The molecule has 1 fully saturated rings. The number of aliphatic carboxylic acids is 1. The fourth-order valence-electron chi connectivity index (χ4n) is 1.33. The van der Waals surface area contributed by atoms with E-state index < -0.39 is 24.2 Å². The minimum atomic E-state index is -2.45. The molecule has 0 radical (unpaired) electrons. The molecule has 0 saturated carbocycles. The van der Waals surface area contributed by atoms with Gasteiger partial charge >= 0.3 is 5.97 Å². The Bertz CT molecular complexity index is 172. The first-order chi connectivity index (χ1) is 5.61. The van der Waals surface area contributed by atoms with E-state index in [0.717, 1.165) is 0 Å². The lowest BCUT2D eigenvalue weighted by Gasteiger charge is -2.11. The average Bonchev–Trinajstić information content (AvgIpc) is 2.33. The Morgan fingerprint density at radius 2 is 2.25 bits per heavy atom. The Kier molecular flexibility index (Phi) is 2.97. The average molecular weight is 180 g/mol. The van der Waals surface area contributed by atoms with Crippen molar-refractivity contribution in [2.75, 3.05) is 13.2 Å². The first-order valence-electron chi connectivity index (χ1n) is 3.70. The van der Waals surface area contributed by atoms with Crippen LogP contribution < -0.4 is 0 Å². The molecule has 1 heterocycles. The van der Waals surface area contributed by atoms with Crippen LogP contribution in [0.15, 0.2) is 0 Å². The molecule has 1 N–H and O–H groups in total. The van der Waals surface area contributed by atoms with E-state index in [1.807, 2.05) is 0 Å². The van der Waals surface area contributed by atoms with Crippen molar-refractivity contribution in [3.8, 4) is 0 Å². The van der Waals surface area contributed by atoms with Crippen LogP contribution in [0.3, 0.4) is 0 Å². The van der Waals surface area contributed by atoms with Crippen molar-refractivity contribution in [3.63, 3.8) is 0 Å². The Morgan fingerprint density at radius 3 is 2.75 bits per heavy atom. The summed E-state index contributed by atoms with van der Waals surface area (Å²) in [5.41, 5.74) is 0. The van der Waals surface area contributed by atoms with Gasteiger partial charge in [0.15, 0.2) is 0 Å². The van der Waals surface area contributed by atoms with Crippen LogP contribution in [0.25, 0.3) is 0 Å². The molecule has 0 aromatic heterocycles. The quantitative estimate of drug-likeness (QED) is 0.704. The third-order valence-corrected chi connectivity index (χ3v) is 2.00. The van der Waals surface area contributed by atoms with Crippen LogP contribution in [0, 0.1) is 11.8 Å². The second kappa shape index (κ2) is 3.80. The van der Waals surface area contributed by atoms with E-state index in [-0.39, 0.29) is 19.6 Å². The van der Waals surface area contributed by atoms with Gasteiger partial charge in [0.05, 0.1) is 19.1 Å². The number of halogens is 2. The molecule has 2 unspecified atom stereocenters. The number of carboxylic acid groups (broad SMARTS) is 1. The molecule has 2 atom stereocenters. The summed E-state index contributed by atoms with van der Waals surface area (Å²) in [4.78, 5) is 10.5. The van der Waals surface area contributed by atoms with Gasteiger partial charge in [-0.3, -0.25) is 4.79 Å². The van der Waals surface area contributed by atoms with Crippen LogP contribution in [0.1, 0.15) is 6.42 Å². The summed E-state index contributed by atoms with van der Waals surface area (Å²) < 4.78 is 28.6. The fourth-order valence-corrected chi connectivity index (χ4v) is 1.33. The predicted octanol–water partition coefficient (Wildman–Crippen LogP) is 0.989. The van der Waals surface area contributed by atoms with E-state index in [2.05, 4.69) is 0 Å². The molecule has 12 heavy (non-hydrogen) atoms. The SMILES string of the molecule is O=C(O)C1COCC1CC(F)F. The van der Waals surface area contributed by atoms with Crippen molar-refractivity contribution in [2.45, 2.75) is 12.8 Å². The standard InChI is InChI=1S/C7H10F2O3/c8-6(9)1-4-2-12-3-5(4)7(10)11/h4-6H,1-3H2,(H,10,11). The van der Waals surface area contributed by atoms with Crippen molar-refractivity contribution in [2.24, 2.45) is 11.8 Å². The summed E-state index contributed by atoms with van der Waals surface area (Å²) in [5, 5.41) is 8.57. The van der Waals surface area contributed by atoms with Crippen LogP contribution in [0.5, 0.6) is 0 Å². The van der Waals surface area contributed by atoms with Crippen LogP contribution >= 0.6 is 0 Å². The van der Waals surface area contributed by atoms with Crippen molar-refractivity contribution in [3.05, 3.63) is 0 Å². The third-order valence-electron chi connectivity index (χ3n) is 2.00. The smallest absolute Gasteiger partial charge is 0.309 e. The number of ether oxygens (including phenoxy) is 1. The normalized spacial score (nSPS) is 29.6. The molecule has 0 bridgehead atoms. The summed E-state index contributed by atoms with van der Waals surface area (Å²) >= 11 is 0. The second-order valence-corrected chi connectivity index (χ2v) is 2.87. The maximum Gasteiger partial charge on any atom is 0.309 e. The maximum atomic E-state index is 11.9. The van der Waals surface area contributed by atoms with E-state index in [0.29, 0.717) is 0 Å². The Hall–Kier alpha value is -0.710. The highest BCUT2D eigenvalue weighted by molar-refractivity contribution is 5.70. The van der Waals surface area contributed by atoms with E-state index in [1.54, 1.807) is 0 Å². The molecular weight excluding hydrogens is 170 g/mol. The predicted molar refractivity (Wildman–Crippen MR) is 36.1 cm³/mol. The van der Waals surface area contributed by atoms with Crippen LogP contribution in [-0.2, 0) is 9.53 Å². The second-order valence-electron chi connectivity index (χ2n) is 2.87. The molecule has 70 valence electrons. The van der Waals surface area contributed by atoms with Gasteiger partial charge in [-0.05, 0) is 0 Å². The number of alkyl halides is 2. The minimum Gasteiger partial charge on any atom is -0.481 e. The lowest BCUT2D eigenvalue weighted by atomic mass is 9.93. The van der Waals surface area contributed by atoms with Gasteiger partial charge in [0.25, 0.3) is 0 Å². The molecule has 3 nitrogen and oxygen atoms in total. The lowest BCUT2D eigenvalue weighted by Crippen LogP contribution is -2.23. The third kappa shape index (κ3) is 2.14. The topological polar surface area (TPSA) is 46.5 Å². The van der Waals surface area contributed by atoms with E-state index in [1.165, 1.54) is 0 Å². The molecule has 0 aliphatic carbocycles. The number of carboxylic acids is 1. The van der Waals surface area contributed by atoms with E-state index in [9.17, 15) is 13.6 Å². The molecule has 0 aromatic carbocycles. The molecule has 1 aliphatic heterocycles. The molecule has 0 spiro atoms. The highest BCUT2D eigenvalue weighted by atomic mass is 19.3. The van der Waals surface area contributed by atoms with Gasteiger partial charge in [0.2, 0.25) is 6.43 Å². The Balaban J connectivity index is 2.46. The lowest BCUT2D eigenvalue weighted by molar-refractivity contribution is -0.143. The van der Waals surface area contributed by atoms with Crippen molar-refractivity contribution in [1.29, 1.82) is 0 Å². The van der Waals surface area contributed by atoms with Crippen molar-refractivity contribution in [1.82, 2.24) is 0 Å². The maximum absolute atomic E-state index is 11.9. The van der Waals surface area contributed by atoms with Crippen molar-refractivity contribution >= 4 is 5.97 Å². The first kappa shape index (κ1) is 9.38. The number of hydrogen-bond acceptors (Lipinski definition) is 2. The largest absolute Gasteiger partial charge is 0.481 e. The molecule has 5 heteroatoms. The summed E-state index contributed by atoms with van der Waals surface area (Å²) in [6.45, 7) is 0.202. The zero-order valence-electron chi connectivity index (χ0n) is 6.37. The first-order valence-corrected chi connectivity index (χ1v) is 3.70. The summed E-state index contributed by atoms with van der Waals surface area (Å²) in [6, 6.07) is 0. The van der Waals surface area contributed by atoms with Gasteiger partial charge in [-0.2, -0.15) is 0 Å². The number of hydrogen-bond donors (Lipinski definition) is 1. The molecule has 0 amide bonds. The van der Waals surface area contributed by atoms with Gasteiger partial charge in [0.1, 0.15) is 0 Å². The molecule has 0 aromatic rings. The van der Waals surface area contributed by atoms with E-state index in [4.69, 9.17) is 9.84 Å². The molecular formula is C7H10F2O3. The van der Waals surface area contributed by atoms with Gasteiger partial charge in [-0.15, -0.1) is 0 Å².